The number of carbonyl (C=O) groups is 2. The molecule has 116 valence electrons. The Bertz CT molecular complexity index is 601. The summed E-state index contributed by atoms with van der Waals surface area (Å²) in [5.74, 6) is 0.294. The van der Waals surface area contributed by atoms with Crippen molar-refractivity contribution in [2.45, 2.75) is 38.1 Å². The third-order valence-corrected chi connectivity index (χ3v) is 5.46. The van der Waals surface area contributed by atoms with E-state index in [0.717, 1.165) is 32.2 Å². The lowest BCUT2D eigenvalue weighted by molar-refractivity contribution is -0.124. The summed E-state index contributed by atoms with van der Waals surface area (Å²) in [5.41, 5.74) is 0.604. The summed E-state index contributed by atoms with van der Waals surface area (Å²) in [5, 5.41) is 10.6. The van der Waals surface area contributed by atoms with Crippen molar-refractivity contribution in [1.82, 2.24) is 20.4 Å². The van der Waals surface area contributed by atoms with Crippen LogP contribution in [0.15, 0.2) is 18.5 Å². The number of hydrogen-bond donors (Lipinski definition) is 1. The molecule has 1 saturated heterocycles. The minimum atomic E-state index is -0.00294. The highest BCUT2D eigenvalue weighted by Gasteiger charge is 2.61. The molecule has 0 aromatic carbocycles. The Morgan fingerprint density at radius 3 is 2.86 bits per heavy atom. The third-order valence-electron chi connectivity index (χ3n) is 5.46. The van der Waals surface area contributed by atoms with E-state index in [2.05, 4.69) is 15.5 Å². The van der Waals surface area contributed by atoms with Gasteiger partial charge in [-0.1, -0.05) is 0 Å². The van der Waals surface area contributed by atoms with Gasteiger partial charge in [-0.15, -0.1) is 0 Å². The summed E-state index contributed by atoms with van der Waals surface area (Å²) in [6, 6.07) is 2.08. The molecule has 0 bridgehead atoms. The zero-order valence-corrected chi connectivity index (χ0v) is 12.5. The Balaban J connectivity index is 1.37. The van der Waals surface area contributed by atoms with Crippen LogP contribution in [-0.4, -0.2) is 46.0 Å². The average molecular weight is 300 g/mol. The van der Waals surface area contributed by atoms with Crippen molar-refractivity contribution in [3.8, 4) is 0 Å². The molecule has 1 N–H and O–H groups in total. The summed E-state index contributed by atoms with van der Waals surface area (Å²) in [4.78, 5) is 26.6. The molecule has 4 rings (SSSR count). The predicted octanol–water partition coefficient (Wildman–Crippen LogP) is 0.997. The van der Waals surface area contributed by atoms with Gasteiger partial charge < -0.3 is 10.2 Å². The Labute approximate surface area is 129 Å². The van der Waals surface area contributed by atoms with Gasteiger partial charge in [0, 0.05) is 30.5 Å². The van der Waals surface area contributed by atoms with Gasteiger partial charge in [-0.3, -0.25) is 9.59 Å². The normalized spacial score (nSPS) is 30.2. The maximum atomic E-state index is 12.4. The minimum absolute atomic E-state index is 0.00294. The number of nitrogens with zero attached hydrogens (tertiary/aromatic N) is 3. The molecule has 3 fully saturated rings. The first kappa shape index (κ1) is 13.7. The molecular weight excluding hydrogens is 280 g/mol. The highest BCUT2D eigenvalue weighted by Crippen LogP contribution is 2.58. The quantitative estimate of drug-likeness (QED) is 0.903. The van der Waals surface area contributed by atoms with Crippen molar-refractivity contribution in [3.05, 3.63) is 24.0 Å². The molecule has 2 aliphatic carbocycles. The maximum absolute atomic E-state index is 12.4. The van der Waals surface area contributed by atoms with E-state index in [9.17, 15) is 9.59 Å². The fourth-order valence-corrected chi connectivity index (χ4v) is 3.69. The molecule has 2 saturated carbocycles. The molecule has 22 heavy (non-hydrogen) atoms. The van der Waals surface area contributed by atoms with E-state index in [-0.39, 0.29) is 23.1 Å². The maximum Gasteiger partial charge on any atom is 0.255 e. The first-order chi connectivity index (χ1) is 10.7. The number of likely N-dealkylation sites (tertiary alicyclic amines) is 1. The molecular formula is C16H20N4O2. The zero-order chi connectivity index (χ0) is 15.2. The van der Waals surface area contributed by atoms with Gasteiger partial charge in [0.1, 0.15) is 0 Å². The Kier molecular flexibility index (Phi) is 3.13. The van der Waals surface area contributed by atoms with Crippen LogP contribution in [0.1, 0.15) is 42.5 Å². The van der Waals surface area contributed by atoms with Gasteiger partial charge >= 0.3 is 0 Å². The molecule has 1 aromatic rings. The molecule has 2 heterocycles. The number of carbonyl (C=O) groups excluding carboxylic acids is 2. The van der Waals surface area contributed by atoms with E-state index in [4.69, 9.17) is 0 Å². The van der Waals surface area contributed by atoms with Crippen molar-refractivity contribution in [1.29, 1.82) is 0 Å². The standard InChI is InChI=1S/C16H20N4O2/c21-14(19-12-2-1-3-12)13-8-16(13)5-7-20(10-16)15(22)11-4-6-17-18-9-11/h4,6,9,12-13H,1-3,5,7-8,10H2,(H,19,21)/t13-,16-/m0/s1. The van der Waals surface area contributed by atoms with E-state index in [1.807, 2.05) is 4.90 Å². The number of rotatable bonds is 3. The van der Waals surface area contributed by atoms with Gasteiger partial charge in [-0.25, -0.2) is 0 Å². The van der Waals surface area contributed by atoms with Gasteiger partial charge in [-0.05, 0) is 38.2 Å². The van der Waals surface area contributed by atoms with Crippen molar-refractivity contribution >= 4 is 11.8 Å². The zero-order valence-electron chi connectivity index (χ0n) is 12.5. The van der Waals surface area contributed by atoms with Crippen LogP contribution in [0.5, 0.6) is 0 Å². The van der Waals surface area contributed by atoms with Crippen LogP contribution in [-0.2, 0) is 4.79 Å². The molecule has 1 spiro atoms. The van der Waals surface area contributed by atoms with E-state index in [0.29, 0.717) is 18.2 Å². The summed E-state index contributed by atoms with van der Waals surface area (Å²) < 4.78 is 0. The van der Waals surface area contributed by atoms with Crippen LogP contribution >= 0.6 is 0 Å². The van der Waals surface area contributed by atoms with Crippen LogP contribution in [0.4, 0.5) is 0 Å². The number of hydrogen-bond acceptors (Lipinski definition) is 4. The van der Waals surface area contributed by atoms with E-state index < -0.39 is 0 Å². The summed E-state index contributed by atoms with van der Waals surface area (Å²) >= 11 is 0. The van der Waals surface area contributed by atoms with Crippen molar-refractivity contribution in [2.75, 3.05) is 13.1 Å². The Hall–Kier alpha value is -1.98. The van der Waals surface area contributed by atoms with Crippen LogP contribution in [0, 0.1) is 11.3 Å². The summed E-state index contributed by atoms with van der Waals surface area (Å²) in [6.45, 7) is 1.42. The first-order valence-electron chi connectivity index (χ1n) is 8.04. The van der Waals surface area contributed by atoms with Gasteiger partial charge in [-0.2, -0.15) is 10.2 Å². The highest BCUT2D eigenvalue weighted by molar-refractivity contribution is 5.94. The minimum Gasteiger partial charge on any atom is -0.353 e. The molecule has 0 unspecified atom stereocenters. The monoisotopic (exact) mass is 300 g/mol. The van der Waals surface area contributed by atoms with Gasteiger partial charge in [0.25, 0.3) is 5.91 Å². The van der Waals surface area contributed by atoms with Crippen LogP contribution in [0.3, 0.4) is 0 Å². The lowest BCUT2D eigenvalue weighted by Crippen LogP contribution is -2.41. The SMILES string of the molecule is O=C(NC1CCC1)[C@@H]1C[C@]12CCN(C(=O)c1ccnnc1)C2. The van der Waals surface area contributed by atoms with E-state index in [1.165, 1.54) is 18.8 Å². The van der Waals surface area contributed by atoms with Crippen LogP contribution < -0.4 is 5.32 Å². The lowest BCUT2D eigenvalue weighted by atomic mass is 9.92. The lowest BCUT2D eigenvalue weighted by Gasteiger charge is -2.26. The van der Waals surface area contributed by atoms with E-state index in [1.54, 1.807) is 6.07 Å². The fraction of sp³-hybridized carbons (Fsp3) is 0.625. The van der Waals surface area contributed by atoms with Gasteiger partial charge in [0.05, 0.1) is 18.0 Å². The smallest absolute Gasteiger partial charge is 0.255 e. The van der Waals surface area contributed by atoms with Crippen molar-refractivity contribution < 1.29 is 9.59 Å². The number of nitrogens with one attached hydrogen (secondary N) is 1. The molecule has 6 heteroatoms. The summed E-state index contributed by atoms with van der Waals surface area (Å²) in [7, 11) is 0. The second kappa shape index (κ2) is 5.04. The predicted molar refractivity (Wildman–Crippen MR) is 78.9 cm³/mol. The second-order valence-corrected chi connectivity index (χ2v) is 6.86. The third kappa shape index (κ3) is 2.26. The summed E-state index contributed by atoms with van der Waals surface area (Å²) in [6.07, 6.45) is 8.34. The molecule has 3 aliphatic rings. The highest BCUT2D eigenvalue weighted by atomic mass is 16.2. The molecule has 0 radical (unpaired) electrons. The van der Waals surface area contributed by atoms with Crippen molar-refractivity contribution in [3.63, 3.8) is 0 Å². The fourth-order valence-electron chi connectivity index (χ4n) is 3.69. The van der Waals surface area contributed by atoms with Crippen molar-refractivity contribution in [2.24, 2.45) is 11.3 Å². The van der Waals surface area contributed by atoms with Crippen LogP contribution in [0.2, 0.25) is 0 Å². The van der Waals surface area contributed by atoms with Gasteiger partial charge in [0.2, 0.25) is 5.91 Å². The topological polar surface area (TPSA) is 75.2 Å². The average Bonchev–Trinajstić information content (AvgIpc) is 3.04. The molecule has 6 nitrogen and oxygen atoms in total. The molecule has 2 atom stereocenters. The largest absolute Gasteiger partial charge is 0.353 e. The number of amides is 2. The number of aromatic nitrogens is 2. The first-order valence-corrected chi connectivity index (χ1v) is 8.04. The Morgan fingerprint density at radius 2 is 2.18 bits per heavy atom. The van der Waals surface area contributed by atoms with Gasteiger partial charge in [0.15, 0.2) is 0 Å². The second-order valence-electron chi connectivity index (χ2n) is 6.86. The molecule has 1 aliphatic heterocycles. The molecule has 1 aromatic heterocycles. The molecule has 2 amide bonds. The van der Waals surface area contributed by atoms with Crippen LogP contribution in [0.25, 0.3) is 0 Å². The van der Waals surface area contributed by atoms with E-state index >= 15 is 0 Å². The Morgan fingerprint density at radius 1 is 1.32 bits per heavy atom.